The number of benzene rings is 1. The molecule has 0 unspecified atom stereocenters. The van der Waals surface area contributed by atoms with Crippen LogP contribution in [0, 0.1) is 0 Å². The van der Waals surface area contributed by atoms with E-state index in [0.29, 0.717) is 5.90 Å². The van der Waals surface area contributed by atoms with E-state index in [-0.39, 0.29) is 5.97 Å². The molecule has 1 aliphatic heterocycles. The van der Waals surface area contributed by atoms with Crippen LogP contribution in [0.3, 0.4) is 0 Å². The van der Waals surface area contributed by atoms with E-state index in [0.717, 1.165) is 30.4 Å². The van der Waals surface area contributed by atoms with Crippen molar-refractivity contribution >= 4 is 11.9 Å². The molecule has 0 amide bonds. The zero-order valence-electron chi connectivity index (χ0n) is 11.1. The second-order valence-electron chi connectivity index (χ2n) is 5.22. The molecule has 0 fully saturated rings. The fourth-order valence-electron chi connectivity index (χ4n) is 2.65. The zero-order valence-corrected chi connectivity index (χ0v) is 11.1. The Morgan fingerprint density at radius 2 is 2.00 bits per heavy atom. The molecule has 0 saturated carbocycles. The first-order chi connectivity index (χ1) is 9.20. The summed E-state index contributed by atoms with van der Waals surface area (Å²) in [6, 6.07) is 9.59. The molecular formula is C16H17NO2. The number of cyclic esters (lactones) is 1. The summed E-state index contributed by atoms with van der Waals surface area (Å²) >= 11 is 0. The Hall–Kier alpha value is -1.90. The minimum Gasteiger partial charge on any atom is -0.405 e. The predicted octanol–water partition coefficient (Wildman–Crippen LogP) is 3.25. The average molecular weight is 255 g/mol. The molecule has 2 aliphatic rings. The maximum Gasteiger partial charge on any atom is 0.344 e. The van der Waals surface area contributed by atoms with Crippen LogP contribution >= 0.6 is 0 Å². The van der Waals surface area contributed by atoms with Gasteiger partial charge in [0.15, 0.2) is 5.54 Å². The molecule has 0 saturated heterocycles. The van der Waals surface area contributed by atoms with Gasteiger partial charge in [0.2, 0.25) is 5.90 Å². The van der Waals surface area contributed by atoms with E-state index in [2.05, 4.69) is 11.1 Å². The van der Waals surface area contributed by atoms with Crippen molar-refractivity contribution in [2.24, 2.45) is 4.99 Å². The van der Waals surface area contributed by atoms with Gasteiger partial charge in [-0.2, -0.15) is 0 Å². The molecule has 3 nitrogen and oxygen atoms in total. The number of aliphatic imine (C=N–C) groups is 1. The molecule has 0 bridgehead atoms. The lowest BCUT2D eigenvalue weighted by Gasteiger charge is -2.23. The van der Waals surface area contributed by atoms with Gasteiger partial charge in [-0.3, -0.25) is 0 Å². The van der Waals surface area contributed by atoms with Crippen LogP contribution in [0.1, 0.15) is 38.2 Å². The maximum atomic E-state index is 12.2. The summed E-state index contributed by atoms with van der Waals surface area (Å²) in [5, 5.41) is 0. The molecule has 0 N–H and O–H groups in total. The molecule has 1 aliphatic carbocycles. The summed E-state index contributed by atoms with van der Waals surface area (Å²) in [7, 11) is 0. The van der Waals surface area contributed by atoms with Gasteiger partial charge in [0, 0.05) is 5.56 Å². The van der Waals surface area contributed by atoms with Gasteiger partial charge in [-0.05, 0) is 50.3 Å². The predicted molar refractivity (Wildman–Crippen MR) is 74.0 cm³/mol. The third-order valence-corrected chi connectivity index (χ3v) is 3.85. The molecule has 1 aromatic rings. The van der Waals surface area contributed by atoms with Crippen LogP contribution in [0.4, 0.5) is 0 Å². The fraction of sp³-hybridized carbons (Fsp3) is 0.375. The Morgan fingerprint density at radius 1 is 1.21 bits per heavy atom. The maximum absolute atomic E-state index is 12.2. The van der Waals surface area contributed by atoms with Gasteiger partial charge in [0.05, 0.1) is 0 Å². The largest absolute Gasteiger partial charge is 0.405 e. The molecule has 3 rings (SSSR count). The van der Waals surface area contributed by atoms with Crippen LogP contribution in [0.15, 0.2) is 47.0 Å². The number of nitrogens with zero attached hydrogens (tertiary/aromatic N) is 1. The Labute approximate surface area is 113 Å². The van der Waals surface area contributed by atoms with Crippen LogP contribution in [0.2, 0.25) is 0 Å². The van der Waals surface area contributed by atoms with Crippen molar-refractivity contribution in [3.63, 3.8) is 0 Å². The highest BCUT2D eigenvalue weighted by molar-refractivity contribution is 6.09. The van der Waals surface area contributed by atoms with Crippen molar-refractivity contribution < 1.29 is 9.53 Å². The Kier molecular flexibility index (Phi) is 2.97. The van der Waals surface area contributed by atoms with Gasteiger partial charge in [-0.25, -0.2) is 9.79 Å². The summed E-state index contributed by atoms with van der Waals surface area (Å²) in [6.45, 7) is 1.86. The smallest absolute Gasteiger partial charge is 0.344 e. The quantitative estimate of drug-likeness (QED) is 0.601. The number of rotatable bonds is 2. The van der Waals surface area contributed by atoms with Gasteiger partial charge in [0.1, 0.15) is 0 Å². The third-order valence-electron chi connectivity index (χ3n) is 3.85. The second-order valence-corrected chi connectivity index (χ2v) is 5.22. The summed E-state index contributed by atoms with van der Waals surface area (Å²) < 4.78 is 5.39. The average Bonchev–Trinajstić information content (AvgIpc) is 2.78. The monoisotopic (exact) mass is 255 g/mol. The standard InChI is InChI=1S/C16H17NO2/c1-16(13-10-6-3-7-11-13)15(18)19-14(17-16)12-8-4-2-5-9-12/h2,4-5,8-10H,3,6-7,11H2,1H3/t16-/m0/s1. The zero-order chi connectivity index (χ0) is 13.3. The lowest BCUT2D eigenvalue weighted by Crippen LogP contribution is -2.33. The van der Waals surface area contributed by atoms with Crippen LogP contribution in [0.25, 0.3) is 0 Å². The Bertz CT molecular complexity index is 559. The van der Waals surface area contributed by atoms with Gasteiger partial charge in [0.25, 0.3) is 0 Å². The summed E-state index contributed by atoms with van der Waals surface area (Å²) in [5.74, 6) is 0.194. The minimum absolute atomic E-state index is 0.250. The lowest BCUT2D eigenvalue weighted by molar-refractivity contribution is -0.137. The van der Waals surface area contributed by atoms with E-state index >= 15 is 0 Å². The molecule has 0 spiro atoms. The van der Waals surface area contributed by atoms with Crippen LogP contribution < -0.4 is 0 Å². The number of esters is 1. The van der Waals surface area contributed by atoms with Crippen molar-refractivity contribution in [1.29, 1.82) is 0 Å². The molecule has 1 atom stereocenters. The van der Waals surface area contributed by atoms with Crippen LogP contribution in [-0.2, 0) is 9.53 Å². The molecule has 19 heavy (non-hydrogen) atoms. The van der Waals surface area contributed by atoms with E-state index in [1.54, 1.807) is 0 Å². The first kappa shape index (κ1) is 12.2. The summed E-state index contributed by atoms with van der Waals surface area (Å²) in [5.41, 5.74) is 1.15. The first-order valence-electron chi connectivity index (χ1n) is 6.77. The van der Waals surface area contributed by atoms with Crippen LogP contribution in [-0.4, -0.2) is 17.4 Å². The third kappa shape index (κ3) is 2.09. The highest BCUT2D eigenvalue weighted by atomic mass is 16.6. The number of hydrogen-bond donors (Lipinski definition) is 0. The van der Waals surface area contributed by atoms with Gasteiger partial charge >= 0.3 is 5.97 Å². The van der Waals surface area contributed by atoms with Crippen molar-refractivity contribution in [3.05, 3.63) is 47.5 Å². The lowest BCUT2D eigenvalue weighted by atomic mass is 9.85. The van der Waals surface area contributed by atoms with E-state index in [4.69, 9.17) is 4.74 Å². The number of hydrogen-bond acceptors (Lipinski definition) is 3. The Morgan fingerprint density at radius 3 is 2.68 bits per heavy atom. The fourth-order valence-corrected chi connectivity index (χ4v) is 2.65. The molecular weight excluding hydrogens is 238 g/mol. The molecule has 3 heteroatoms. The first-order valence-corrected chi connectivity index (χ1v) is 6.77. The van der Waals surface area contributed by atoms with Crippen molar-refractivity contribution in [1.82, 2.24) is 0 Å². The number of allylic oxidation sites excluding steroid dienone is 1. The highest BCUT2D eigenvalue weighted by Gasteiger charge is 2.44. The number of carbonyl (C=O) groups is 1. The Balaban J connectivity index is 1.97. The topological polar surface area (TPSA) is 38.7 Å². The SMILES string of the molecule is C[C@@]1(C2=CCCCC2)N=C(c2ccccc2)OC1=O. The van der Waals surface area contributed by atoms with Crippen molar-refractivity contribution in [2.75, 3.05) is 0 Å². The van der Waals surface area contributed by atoms with Gasteiger partial charge in [-0.15, -0.1) is 0 Å². The molecule has 1 heterocycles. The van der Waals surface area contributed by atoms with Gasteiger partial charge < -0.3 is 4.74 Å². The minimum atomic E-state index is -0.814. The van der Waals surface area contributed by atoms with Gasteiger partial charge in [-0.1, -0.05) is 24.3 Å². The summed E-state index contributed by atoms with van der Waals surface area (Å²) in [4.78, 5) is 16.8. The van der Waals surface area contributed by atoms with Crippen molar-refractivity contribution in [3.8, 4) is 0 Å². The van der Waals surface area contributed by atoms with E-state index in [1.165, 1.54) is 6.42 Å². The van der Waals surface area contributed by atoms with E-state index < -0.39 is 5.54 Å². The number of carbonyl (C=O) groups excluding carboxylic acids is 1. The molecule has 0 radical (unpaired) electrons. The van der Waals surface area contributed by atoms with Crippen molar-refractivity contribution in [2.45, 2.75) is 38.1 Å². The second kappa shape index (κ2) is 4.65. The van der Waals surface area contributed by atoms with E-state index in [1.807, 2.05) is 37.3 Å². The normalized spacial score (nSPS) is 26.7. The molecule has 98 valence electrons. The van der Waals surface area contributed by atoms with Crippen LogP contribution in [0.5, 0.6) is 0 Å². The highest BCUT2D eigenvalue weighted by Crippen LogP contribution is 2.35. The van der Waals surface area contributed by atoms with E-state index in [9.17, 15) is 4.79 Å². The molecule has 0 aromatic heterocycles. The summed E-state index contributed by atoms with van der Waals surface area (Å²) in [6.07, 6.45) is 6.46. The molecule has 1 aromatic carbocycles. The number of ether oxygens (including phenoxy) is 1.